The summed E-state index contributed by atoms with van der Waals surface area (Å²) in [4.78, 5) is 0. The number of rotatable bonds is 8. The third-order valence-corrected chi connectivity index (χ3v) is 4.21. The highest BCUT2D eigenvalue weighted by Gasteiger charge is 2.36. The molecule has 0 aliphatic rings. The van der Waals surface area contributed by atoms with Gasteiger partial charge >= 0.3 is 0 Å². The third-order valence-electron chi connectivity index (χ3n) is 4.21. The molecule has 1 atom stereocenters. The standard InChI is InChI=1S/C25H22F2O/c26-25(27,19-18-22-12-6-2-7-13-22)24(17-16-21-10-4-1-5-11-21)28-20-23-14-8-3-9-15-23/h1-19,24H,20H2/b17-16+,19-18+. The predicted octanol–water partition coefficient (Wildman–Crippen LogP) is 6.63. The zero-order valence-electron chi connectivity index (χ0n) is 15.4. The number of ether oxygens (including phenoxy) is 1. The SMILES string of the molecule is FC(F)(/C=C/c1ccccc1)C(/C=C/c1ccccc1)OCc1ccccc1. The number of alkyl halides is 2. The van der Waals surface area contributed by atoms with Gasteiger partial charge in [0.15, 0.2) is 0 Å². The van der Waals surface area contributed by atoms with E-state index in [1.807, 2.05) is 78.9 Å². The van der Waals surface area contributed by atoms with Gasteiger partial charge in [0.1, 0.15) is 6.10 Å². The Bertz CT molecular complexity index is 888. The average molecular weight is 376 g/mol. The van der Waals surface area contributed by atoms with E-state index < -0.39 is 12.0 Å². The maximum absolute atomic E-state index is 14.9. The first-order valence-electron chi connectivity index (χ1n) is 9.14. The van der Waals surface area contributed by atoms with E-state index in [0.29, 0.717) is 0 Å². The Morgan fingerprint density at radius 3 is 1.79 bits per heavy atom. The van der Waals surface area contributed by atoms with Gasteiger partial charge in [0, 0.05) is 0 Å². The van der Waals surface area contributed by atoms with Crippen LogP contribution in [0.5, 0.6) is 0 Å². The van der Waals surface area contributed by atoms with Crippen molar-refractivity contribution in [1.29, 1.82) is 0 Å². The fraction of sp³-hybridized carbons (Fsp3) is 0.120. The summed E-state index contributed by atoms with van der Waals surface area (Å²) in [6.07, 6.45) is 4.05. The van der Waals surface area contributed by atoms with Gasteiger partial charge in [0.2, 0.25) is 0 Å². The summed E-state index contributed by atoms with van der Waals surface area (Å²) in [5, 5.41) is 0. The fourth-order valence-corrected chi connectivity index (χ4v) is 2.68. The molecule has 0 spiro atoms. The van der Waals surface area contributed by atoms with E-state index in [9.17, 15) is 8.78 Å². The molecule has 0 saturated heterocycles. The number of hydrogen-bond acceptors (Lipinski definition) is 1. The van der Waals surface area contributed by atoms with Gasteiger partial charge in [-0.15, -0.1) is 0 Å². The zero-order chi connectivity index (χ0) is 19.7. The van der Waals surface area contributed by atoms with Gasteiger partial charge in [-0.05, 0) is 28.8 Å². The molecule has 0 aromatic heterocycles. The van der Waals surface area contributed by atoms with Gasteiger partial charge in [-0.25, -0.2) is 0 Å². The summed E-state index contributed by atoms with van der Waals surface area (Å²) in [6, 6.07) is 27.7. The molecular formula is C25H22F2O. The molecule has 0 amide bonds. The van der Waals surface area contributed by atoms with Gasteiger partial charge < -0.3 is 4.74 Å². The van der Waals surface area contributed by atoms with Crippen LogP contribution in [0.4, 0.5) is 8.78 Å². The molecule has 0 bridgehead atoms. The topological polar surface area (TPSA) is 9.23 Å². The summed E-state index contributed by atoms with van der Waals surface area (Å²) < 4.78 is 35.4. The van der Waals surface area contributed by atoms with Crippen molar-refractivity contribution in [2.75, 3.05) is 0 Å². The Kier molecular flexibility index (Phi) is 6.88. The minimum Gasteiger partial charge on any atom is -0.363 e. The summed E-state index contributed by atoms with van der Waals surface area (Å²) in [5.74, 6) is -3.16. The van der Waals surface area contributed by atoms with Gasteiger partial charge in [-0.1, -0.05) is 103 Å². The van der Waals surface area contributed by atoms with E-state index in [0.717, 1.165) is 22.8 Å². The van der Waals surface area contributed by atoms with Crippen LogP contribution in [0.1, 0.15) is 16.7 Å². The third kappa shape index (κ3) is 6.00. The van der Waals surface area contributed by atoms with Crippen molar-refractivity contribution >= 4 is 12.2 Å². The van der Waals surface area contributed by atoms with Crippen LogP contribution in [-0.2, 0) is 11.3 Å². The number of halogens is 2. The van der Waals surface area contributed by atoms with Gasteiger partial charge in [0.05, 0.1) is 6.61 Å². The van der Waals surface area contributed by atoms with E-state index in [2.05, 4.69) is 0 Å². The Balaban J connectivity index is 1.79. The molecule has 3 aromatic rings. The first-order chi connectivity index (χ1) is 13.6. The van der Waals surface area contributed by atoms with Gasteiger partial charge in [-0.2, -0.15) is 8.78 Å². The molecule has 0 N–H and O–H groups in total. The van der Waals surface area contributed by atoms with Crippen molar-refractivity contribution < 1.29 is 13.5 Å². The smallest absolute Gasteiger partial charge is 0.295 e. The lowest BCUT2D eigenvalue weighted by atomic mass is 10.1. The van der Waals surface area contributed by atoms with Crippen LogP contribution >= 0.6 is 0 Å². The quantitative estimate of drug-likeness (QED) is 0.428. The maximum atomic E-state index is 14.9. The molecule has 0 fully saturated rings. The van der Waals surface area contributed by atoms with Crippen molar-refractivity contribution in [2.45, 2.75) is 18.6 Å². The molecule has 3 heteroatoms. The average Bonchev–Trinajstić information content (AvgIpc) is 2.74. The Labute approximate surface area is 164 Å². The van der Waals surface area contributed by atoms with Crippen LogP contribution in [0.3, 0.4) is 0 Å². The molecule has 0 radical (unpaired) electrons. The molecular weight excluding hydrogens is 354 g/mol. The molecule has 0 saturated carbocycles. The number of benzene rings is 3. The molecule has 3 rings (SSSR count). The fourth-order valence-electron chi connectivity index (χ4n) is 2.68. The maximum Gasteiger partial charge on any atom is 0.295 e. The summed E-state index contributed by atoms with van der Waals surface area (Å²) >= 11 is 0. The van der Waals surface area contributed by atoms with Crippen LogP contribution in [-0.4, -0.2) is 12.0 Å². The van der Waals surface area contributed by atoms with Crippen molar-refractivity contribution in [3.05, 3.63) is 120 Å². The normalized spacial score (nSPS) is 13.2. The zero-order valence-corrected chi connectivity index (χ0v) is 15.4. The van der Waals surface area contributed by atoms with Crippen LogP contribution in [0.15, 0.2) is 103 Å². The molecule has 0 heterocycles. The van der Waals surface area contributed by atoms with E-state index >= 15 is 0 Å². The highest BCUT2D eigenvalue weighted by atomic mass is 19.3. The minimum absolute atomic E-state index is 0.111. The van der Waals surface area contributed by atoms with E-state index in [1.54, 1.807) is 18.2 Å². The van der Waals surface area contributed by atoms with Crippen molar-refractivity contribution in [1.82, 2.24) is 0 Å². The van der Waals surface area contributed by atoms with Gasteiger partial charge in [-0.3, -0.25) is 0 Å². The van der Waals surface area contributed by atoms with Crippen LogP contribution in [0.25, 0.3) is 12.2 Å². The predicted molar refractivity (Wildman–Crippen MR) is 111 cm³/mol. The Morgan fingerprint density at radius 2 is 1.21 bits per heavy atom. The van der Waals surface area contributed by atoms with E-state index in [-0.39, 0.29) is 6.61 Å². The largest absolute Gasteiger partial charge is 0.363 e. The molecule has 1 unspecified atom stereocenters. The second-order valence-electron chi connectivity index (χ2n) is 6.41. The van der Waals surface area contributed by atoms with Crippen LogP contribution in [0, 0.1) is 0 Å². The molecule has 0 aliphatic carbocycles. The van der Waals surface area contributed by atoms with Crippen LogP contribution < -0.4 is 0 Å². The number of hydrogen-bond donors (Lipinski definition) is 0. The molecule has 28 heavy (non-hydrogen) atoms. The summed E-state index contributed by atoms with van der Waals surface area (Å²) in [7, 11) is 0. The van der Waals surface area contributed by atoms with Crippen LogP contribution in [0.2, 0.25) is 0 Å². The molecule has 3 aromatic carbocycles. The molecule has 1 nitrogen and oxygen atoms in total. The lowest BCUT2D eigenvalue weighted by Gasteiger charge is -2.22. The van der Waals surface area contributed by atoms with Crippen molar-refractivity contribution in [2.24, 2.45) is 0 Å². The summed E-state index contributed by atoms with van der Waals surface area (Å²) in [6.45, 7) is 0.111. The Morgan fingerprint density at radius 1 is 0.714 bits per heavy atom. The highest BCUT2D eigenvalue weighted by Crippen LogP contribution is 2.27. The van der Waals surface area contributed by atoms with Gasteiger partial charge in [0.25, 0.3) is 5.92 Å². The second-order valence-corrected chi connectivity index (χ2v) is 6.41. The first-order valence-corrected chi connectivity index (χ1v) is 9.14. The van der Waals surface area contributed by atoms with Crippen molar-refractivity contribution in [3.63, 3.8) is 0 Å². The second kappa shape index (κ2) is 9.77. The lowest BCUT2D eigenvalue weighted by molar-refractivity contribution is -0.0870. The van der Waals surface area contributed by atoms with E-state index in [1.165, 1.54) is 12.2 Å². The Hall–Kier alpha value is -3.04. The first kappa shape index (κ1) is 19.7. The summed E-state index contributed by atoms with van der Waals surface area (Å²) in [5.41, 5.74) is 2.41. The lowest BCUT2D eigenvalue weighted by Crippen LogP contribution is -2.32. The minimum atomic E-state index is -3.16. The molecule has 142 valence electrons. The highest BCUT2D eigenvalue weighted by molar-refractivity contribution is 5.52. The monoisotopic (exact) mass is 376 g/mol. The van der Waals surface area contributed by atoms with E-state index in [4.69, 9.17) is 4.74 Å². The molecule has 0 aliphatic heterocycles. The van der Waals surface area contributed by atoms with Crippen molar-refractivity contribution in [3.8, 4) is 0 Å².